The van der Waals surface area contributed by atoms with Crippen LogP contribution in [0.3, 0.4) is 0 Å². The second-order valence-electron chi connectivity index (χ2n) is 6.46. The molecule has 30 heavy (non-hydrogen) atoms. The fraction of sp³-hybridized carbons (Fsp3) is 0.0476. The molecule has 0 fully saturated rings. The van der Waals surface area contributed by atoms with E-state index in [1.807, 2.05) is 24.3 Å². The lowest BCUT2D eigenvalue weighted by Gasteiger charge is -2.09. The number of anilines is 3. The Morgan fingerprint density at radius 3 is 2.77 bits per heavy atom. The SMILES string of the molecule is O=C(Nc1[nH]ncc1-c1ccc2c(c1)OCO2)c1cccc(Nc2ncccn2)c1. The molecule has 2 aromatic carbocycles. The summed E-state index contributed by atoms with van der Waals surface area (Å²) in [5.74, 6) is 2.02. The monoisotopic (exact) mass is 400 g/mol. The first kappa shape index (κ1) is 17.7. The van der Waals surface area contributed by atoms with Gasteiger partial charge in [0.15, 0.2) is 11.5 Å². The minimum atomic E-state index is -0.279. The Kier molecular flexibility index (Phi) is 4.45. The highest BCUT2D eigenvalue weighted by Crippen LogP contribution is 2.37. The Bertz CT molecular complexity index is 1210. The lowest BCUT2D eigenvalue weighted by molar-refractivity contribution is 0.102. The smallest absolute Gasteiger partial charge is 0.256 e. The fourth-order valence-electron chi connectivity index (χ4n) is 3.08. The van der Waals surface area contributed by atoms with Crippen molar-refractivity contribution in [2.45, 2.75) is 0 Å². The maximum absolute atomic E-state index is 12.8. The first-order chi connectivity index (χ1) is 14.8. The van der Waals surface area contributed by atoms with Crippen molar-refractivity contribution in [2.24, 2.45) is 0 Å². The Morgan fingerprint density at radius 2 is 1.87 bits per heavy atom. The number of nitrogens with zero attached hydrogens (tertiary/aromatic N) is 3. The molecule has 0 spiro atoms. The van der Waals surface area contributed by atoms with Gasteiger partial charge in [-0.05, 0) is 42.0 Å². The topological polar surface area (TPSA) is 114 Å². The molecule has 0 aliphatic carbocycles. The molecule has 148 valence electrons. The number of hydrogen-bond acceptors (Lipinski definition) is 7. The van der Waals surface area contributed by atoms with Crippen LogP contribution in [0.4, 0.5) is 17.5 Å². The molecule has 9 nitrogen and oxygen atoms in total. The normalized spacial score (nSPS) is 11.9. The molecule has 1 aliphatic heterocycles. The van der Waals surface area contributed by atoms with Crippen molar-refractivity contribution >= 4 is 23.4 Å². The summed E-state index contributed by atoms with van der Waals surface area (Å²) in [6, 6.07) is 14.4. The number of benzene rings is 2. The number of rotatable bonds is 5. The van der Waals surface area contributed by atoms with E-state index < -0.39 is 0 Å². The molecule has 3 heterocycles. The van der Waals surface area contributed by atoms with E-state index in [-0.39, 0.29) is 12.7 Å². The van der Waals surface area contributed by atoms with Crippen LogP contribution in [0.1, 0.15) is 10.4 Å². The number of carbonyl (C=O) groups is 1. The molecule has 4 aromatic rings. The number of hydrogen-bond donors (Lipinski definition) is 3. The van der Waals surface area contributed by atoms with Crippen molar-refractivity contribution in [3.63, 3.8) is 0 Å². The summed E-state index contributed by atoms with van der Waals surface area (Å²) in [5.41, 5.74) is 2.77. The van der Waals surface area contributed by atoms with Gasteiger partial charge >= 0.3 is 0 Å². The molecular weight excluding hydrogens is 384 g/mol. The van der Waals surface area contributed by atoms with Gasteiger partial charge in [-0.15, -0.1) is 0 Å². The number of H-pyrrole nitrogens is 1. The number of fused-ring (bicyclic) bond motifs is 1. The molecule has 0 saturated carbocycles. The van der Waals surface area contributed by atoms with Crippen molar-refractivity contribution in [2.75, 3.05) is 17.4 Å². The van der Waals surface area contributed by atoms with E-state index in [1.54, 1.807) is 42.9 Å². The van der Waals surface area contributed by atoms with E-state index in [0.717, 1.165) is 11.1 Å². The van der Waals surface area contributed by atoms with Crippen LogP contribution in [0, 0.1) is 0 Å². The van der Waals surface area contributed by atoms with Crippen LogP contribution in [-0.2, 0) is 0 Å². The summed E-state index contributed by atoms with van der Waals surface area (Å²) in [5, 5.41) is 12.9. The van der Waals surface area contributed by atoms with E-state index in [4.69, 9.17) is 9.47 Å². The van der Waals surface area contributed by atoms with Crippen LogP contribution >= 0.6 is 0 Å². The van der Waals surface area contributed by atoms with Crippen LogP contribution < -0.4 is 20.1 Å². The van der Waals surface area contributed by atoms with Crippen LogP contribution in [0.2, 0.25) is 0 Å². The van der Waals surface area contributed by atoms with Crippen LogP contribution in [0.5, 0.6) is 11.5 Å². The summed E-state index contributed by atoms with van der Waals surface area (Å²) in [6.07, 6.45) is 4.93. The highest BCUT2D eigenvalue weighted by atomic mass is 16.7. The quantitative estimate of drug-likeness (QED) is 0.469. The van der Waals surface area contributed by atoms with Gasteiger partial charge in [0, 0.05) is 29.2 Å². The average Bonchev–Trinajstić information content (AvgIpc) is 3.43. The lowest BCUT2D eigenvalue weighted by Crippen LogP contribution is -2.13. The van der Waals surface area contributed by atoms with Gasteiger partial charge < -0.3 is 20.1 Å². The second-order valence-corrected chi connectivity index (χ2v) is 6.46. The summed E-state index contributed by atoms with van der Waals surface area (Å²) in [6.45, 7) is 0.201. The van der Waals surface area contributed by atoms with Gasteiger partial charge in [-0.2, -0.15) is 5.10 Å². The molecular formula is C21H16N6O3. The number of nitrogens with one attached hydrogen (secondary N) is 3. The summed E-state index contributed by atoms with van der Waals surface area (Å²) < 4.78 is 10.8. The zero-order chi connectivity index (χ0) is 20.3. The molecule has 3 N–H and O–H groups in total. The highest BCUT2D eigenvalue weighted by molar-refractivity contribution is 6.06. The zero-order valence-electron chi connectivity index (χ0n) is 15.6. The van der Waals surface area contributed by atoms with E-state index in [2.05, 4.69) is 30.8 Å². The van der Waals surface area contributed by atoms with Crippen LogP contribution in [-0.4, -0.2) is 32.9 Å². The fourth-order valence-corrected chi connectivity index (χ4v) is 3.08. The Morgan fingerprint density at radius 1 is 1.00 bits per heavy atom. The van der Waals surface area contributed by atoms with Crippen LogP contribution in [0.25, 0.3) is 11.1 Å². The maximum Gasteiger partial charge on any atom is 0.256 e. The molecule has 0 atom stereocenters. The van der Waals surface area contributed by atoms with Gasteiger partial charge in [-0.25, -0.2) is 9.97 Å². The lowest BCUT2D eigenvalue weighted by atomic mass is 10.1. The number of aromatic amines is 1. The van der Waals surface area contributed by atoms with Gasteiger partial charge in [-0.3, -0.25) is 9.89 Å². The van der Waals surface area contributed by atoms with Crippen molar-refractivity contribution in [3.8, 4) is 22.6 Å². The van der Waals surface area contributed by atoms with Crippen molar-refractivity contribution in [3.05, 3.63) is 72.7 Å². The maximum atomic E-state index is 12.8. The van der Waals surface area contributed by atoms with Crippen LogP contribution in [0.15, 0.2) is 67.1 Å². The van der Waals surface area contributed by atoms with E-state index >= 15 is 0 Å². The van der Waals surface area contributed by atoms with E-state index in [1.165, 1.54) is 0 Å². The Balaban J connectivity index is 1.35. The molecule has 2 aromatic heterocycles. The molecule has 9 heteroatoms. The molecule has 1 aliphatic rings. The Hall–Kier alpha value is -4.40. The molecule has 0 saturated heterocycles. The summed E-state index contributed by atoms with van der Waals surface area (Å²) >= 11 is 0. The van der Waals surface area contributed by atoms with E-state index in [0.29, 0.717) is 34.5 Å². The zero-order valence-corrected chi connectivity index (χ0v) is 15.6. The van der Waals surface area contributed by atoms with Gasteiger partial charge in [0.1, 0.15) is 5.82 Å². The average molecular weight is 400 g/mol. The van der Waals surface area contributed by atoms with Crippen molar-refractivity contribution in [1.82, 2.24) is 20.2 Å². The molecule has 5 rings (SSSR count). The third-order valence-corrected chi connectivity index (χ3v) is 4.51. The number of ether oxygens (including phenoxy) is 2. The third-order valence-electron chi connectivity index (χ3n) is 4.51. The second kappa shape index (κ2) is 7.55. The minimum absolute atomic E-state index is 0.201. The number of aromatic nitrogens is 4. The van der Waals surface area contributed by atoms with Gasteiger partial charge in [0.05, 0.1) is 6.20 Å². The summed E-state index contributed by atoms with van der Waals surface area (Å²) in [4.78, 5) is 21.1. The number of amides is 1. The minimum Gasteiger partial charge on any atom is -0.454 e. The largest absolute Gasteiger partial charge is 0.454 e. The highest BCUT2D eigenvalue weighted by Gasteiger charge is 2.17. The number of carbonyl (C=O) groups excluding carboxylic acids is 1. The first-order valence-electron chi connectivity index (χ1n) is 9.15. The van der Waals surface area contributed by atoms with Gasteiger partial charge in [0.2, 0.25) is 12.7 Å². The Labute approximate surface area is 171 Å². The predicted octanol–water partition coefficient (Wildman–Crippen LogP) is 3.59. The third kappa shape index (κ3) is 3.51. The first-order valence-corrected chi connectivity index (χ1v) is 9.15. The van der Waals surface area contributed by atoms with Gasteiger partial charge in [-0.1, -0.05) is 12.1 Å². The standard InChI is InChI=1S/C21H16N6O3/c28-20(14-3-1-4-15(9-14)25-21-22-7-2-8-23-21)26-19-16(11-24-27-19)13-5-6-17-18(10-13)30-12-29-17/h1-11H,12H2,(H,22,23,25)(H2,24,26,27,28). The molecule has 1 amide bonds. The summed E-state index contributed by atoms with van der Waals surface area (Å²) in [7, 11) is 0. The predicted molar refractivity (Wildman–Crippen MR) is 110 cm³/mol. The molecule has 0 bridgehead atoms. The van der Waals surface area contributed by atoms with Crippen molar-refractivity contribution < 1.29 is 14.3 Å². The molecule has 0 radical (unpaired) electrons. The van der Waals surface area contributed by atoms with Crippen molar-refractivity contribution in [1.29, 1.82) is 0 Å². The van der Waals surface area contributed by atoms with Gasteiger partial charge in [0.25, 0.3) is 5.91 Å². The molecule has 0 unspecified atom stereocenters. The van der Waals surface area contributed by atoms with E-state index in [9.17, 15) is 4.79 Å².